The van der Waals surface area contributed by atoms with E-state index in [1.807, 2.05) is 0 Å². The van der Waals surface area contributed by atoms with Gasteiger partial charge in [0.15, 0.2) is 0 Å². The number of terminal acetylenes is 1. The molecule has 40 heavy (non-hydrogen) atoms. The van der Waals surface area contributed by atoms with Crippen LogP contribution in [-0.2, 0) is 52.2 Å². The second kappa shape index (κ2) is 37.9. The van der Waals surface area contributed by atoms with Gasteiger partial charge in [-0.1, -0.05) is 5.92 Å². The van der Waals surface area contributed by atoms with Gasteiger partial charge in [0.2, 0.25) is 5.91 Å². The molecule has 0 spiro atoms. The number of amides is 1. The topological polar surface area (TPSA) is 149 Å². The lowest BCUT2D eigenvalue weighted by Crippen LogP contribution is -3.00. The van der Waals surface area contributed by atoms with Gasteiger partial charge >= 0.3 is 0 Å². The Labute approximate surface area is 245 Å². The van der Waals surface area contributed by atoms with Gasteiger partial charge in [0.25, 0.3) is 0 Å². The monoisotopic (exact) mass is 602 g/mol. The lowest BCUT2D eigenvalue weighted by molar-refractivity contribution is -0.374. The highest BCUT2D eigenvalue weighted by molar-refractivity contribution is 5.75. The first kappa shape index (κ1) is 41.0. The second-order valence-corrected chi connectivity index (χ2v) is 7.72. The van der Waals surface area contributed by atoms with Crippen molar-refractivity contribution in [3.05, 3.63) is 0 Å². The predicted octanol–water partition coefficient (Wildman–Crippen LogP) is -4.46. The van der Waals surface area contributed by atoms with Crippen LogP contribution in [0.3, 0.4) is 0 Å². The predicted molar refractivity (Wildman–Crippen MR) is 142 cm³/mol. The molecule has 0 atom stereocenters. The van der Waals surface area contributed by atoms with Gasteiger partial charge < -0.3 is 70.8 Å². The minimum Gasteiger partial charge on any atom is -1.00 e. The first-order valence-electron chi connectivity index (χ1n) is 13.6. The molecule has 4 N–H and O–H groups in total. The number of rotatable bonds is 33. The molecule has 0 bridgehead atoms. The number of carbonyl (C=O) groups is 1. The van der Waals surface area contributed by atoms with E-state index in [1.54, 1.807) is 0 Å². The second-order valence-electron chi connectivity index (χ2n) is 7.72. The average Bonchev–Trinajstić information content (AvgIpc) is 2.94. The Morgan fingerprint density at radius 2 is 0.850 bits per heavy atom. The zero-order chi connectivity index (χ0) is 28.3. The fourth-order valence-corrected chi connectivity index (χ4v) is 2.61. The van der Waals surface area contributed by atoms with Crippen LogP contribution in [0.15, 0.2) is 0 Å². The standard InChI is InChI=1S/C26H50N2O11.ClH/c1-2-6-30-10-14-34-18-22-38-23-19-35-15-11-31-7-3-26(29)28-5-9-33-13-17-37-21-25-39-24-20-36-16-12-32-8-4-27;/h1H,3-25,27H2,(H,28,29);1H. The van der Waals surface area contributed by atoms with Crippen LogP contribution in [0.4, 0.5) is 0 Å². The molecule has 13 nitrogen and oxygen atoms in total. The van der Waals surface area contributed by atoms with Crippen molar-refractivity contribution >= 4 is 5.91 Å². The van der Waals surface area contributed by atoms with Crippen LogP contribution in [0.1, 0.15) is 6.42 Å². The molecular weight excluding hydrogens is 552 g/mol. The molecule has 0 aliphatic heterocycles. The Morgan fingerprint density at radius 3 is 1.23 bits per heavy atom. The van der Waals surface area contributed by atoms with Crippen LogP contribution < -0.4 is 23.5 Å². The molecule has 0 heterocycles. The van der Waals surface area contributed by atoms with E-state index in [0.29, 0.717) is 139 Å². The quantitative estimate of drug-likeness (QED) is 0.0553. The van der Waals surface area contributed by atoms with Gasteiger partial charge in [0.05, 0.1) is 132 Å². The number of halogens is 1. The minimum absolute atomic E-state index is 0. The number of hydrogen-bond donors (Lipinski definition) is 2. The van der Waals surface area contributed by atoms with Gasteiger partial charge in [-0.2, -0.15) is 0 Å². The molecule has 0 saturated carbocycles. The number of quaternary nitrogens is 1. The van der Waals surface area contributed by atoms with E-state index >= 15 is 0 Å². The molecule has 0 aromatic heterocycles. The van der Waals surface area contributed by atoms with Gasteiger partial charge in [0.1, 0.15) is 6.61 Å². The van der Waals surface area contributed by atoms with Crippen LogP contribution in [0.25, 0.3) is 0 Å². The molecule has 1 amide bonds. The number of nitrogens with one attached hydrogen (secondary N) is 1. The minimum atomic E-state index is -0.0825. The molecule has 0 aliphatic rings. The Hall–Kier alpha value is -1.12. The van der Waals surface area contributed by atoms with E-state index in [0.717, 1.165) is 6.54 Å². The zero-order valence-corrected chi connectivity index (χ0v) is 24.7. The molecule has 0 radical (unpaired) electrons. The van der Waals surface area contributed by atoms with Gasteiger partial charge in [-0.3, -0.25) is 4.79 Å². The zero-order valence-electron chi connectivity index (χ0n) is 23.9. The first-order chi connectivity index (χ1) is 19.3. The summed E-state index contributed by atoms with van der Waals surface area (Å²) in [5.74, 6) is 2.30. The third kappa shape index (κ3) is 36.9. The molecule has 0 aromatic carbocycles. The molecule has 14 heteroatoms. The largest absolute Gasteiger partial charge is 1.00 e. The van der Waals surface area contributed by atoms with E-state index in [9.17, 15) is 4.79 Å². The highest BCUT2D eigenvalue weighted by Crippen LogP contribution is 1.87. The van der Waals surface area contributed by atoms with Crippen LogP contribution in [0, 0.1) is 12.3 Å². The average molecular weight is 603 g/mol. The lowest BCUT2D eigenvalue weighted by atomic mass is 10.4. The first-order valence-corrected chi connectivity index (χ1v) is 13.6. The van der Waals surface area contributed by atoms with Crippen molar-refractivity contribution in [1.29, 1.82) is 0 Å². The summed E-state index contributed by atoms with van der Waals surface area (Å²) in [7, 11) is 0. The molecule has 0 unspecified atom stereocenters. The smallest absolute Gasteiger partial charge is 0.222 e. The van der Waals surface area contributed by atoms with E-state index in [4.69, 9.17) is 53.8 Å². The lowest BCUT2D eigenvalue weighted by Gasteiger charge is -2.09. The van der Waals surface area contributed by atoms with E-state index in [-0.39, 0.29) is 24.7 Å². The summed E-state index contributed by atoms with van der Waals surface area (Å²) in [5, 5.41) is 2.78. The summed E-state index contributed by atoms with van der Waals surface area (Å²) in [6.45, 7) is 10.8. The number of ether oxygens (including phenoxy) is 10. The van der Waals surface area contributed by atoms with Crippen molar-refractivity contribution < 1.29 is 70.3 Å². The van der Waals surface area contributed by atoms with Crippen molar-refractivity contribution in [3.8, 4) is 12.3 Å². The third-order valence-electron chi connectivity index (χ3n) is 4.49. The van der Waals surface area contributed by atoms with Crippen molar-refractivity contribution in [1.82, 2.24) is 5.32 Å². The van der Waals surface area contributed by atoms with Crippen molar-refractivity contribution in [2.45, 2.75) is 6.42 Å². The van der Waals surface area contributed by atoms with E-state index < -0.39 is 0 Å². The molecule has 0 fully saturated rings. The van der Waals surface area contributed by atoms with E-state index in [1.165, 1.54) is 0 Å². The Bertz CT molecular complexity index is 545. The molecular formula is C26H51ClN2O11. The summed E-state index contributed by atoms with van der Waals surface area (Å²) in [4.78, 5) is 11.8. The SMILES string of the molecule is C#CCOCCOCCOCCOCCOCCC(=O)NCCOCCOCCOCCOCCOCC[NH3+].[Cl-]. The summed E-state index contributed by atoms with van der Waals surface area (Å²) >= 11 is 0. The number of carbonyl (C=O) groups excluding carboxylic acids is 1. The highest BCUT2D eigenvalue weighted by atomic mass is 35.5. The highest BCUT2D eigenvalue weighted by Gasteiger charge is 2.01. The van der Waals surface area contributed by atoms with Crippen LogP contribution in [-0.4, -0.2) is 151 Å². The Kier molecular flexibility index (Phi) is 38.8. The maximum atomic E-state index is 11.8. The van der Waals surface area contributed by atoms with Gasteiger partial charge in [-0.15, -0.1) is 6.42 Å². The Balaban J connectivity index is 0. The van der Waals surface area contributed by atoms with Gasteiger partial charge in [-0.05, 0) is 0 Å². The fourth-order valence-electron chi connectivity index (χ4n) is 2.61. The maximum absolute atomic E-state index is 11.8. The maximum Gasteiger partial charge on any atom is 0.222 e. The van der Waals surface area contributed by atoms with Crippen molar-refractivity contribution in [3.63, 3.8) is 0 Å². The molecule has 0 saturated heterocycles. The normalized spacial score (nSPS) is 10.8. The third-order valence-corrected chi connectivity index (χ3v) is 4.49. The molecule has 238 valence electrons. The summed E-state index contributed by atoms with van der Waals surface area (Å²) in [6.07, 6.45) is 5.35. The molecule has 0 aromatic rings. The van der Waals surface area contributed by atoms with Crippen LogP contribution in [0.5, 0.6) is 0 Å². The van der Waals surface area contributed by atoms with Gasteiger partial charge in [0, 0.05) is 13.0 Å². The fraction of sp³-hybridized carbons (Fsp3) is 0.885. The molecule has 0 aliphatic carbocycles. The number of hydrogen-bond acceptors (Lipinski definition) is 11. The Morgan fingerprint density at radius 1 is 0.525 bits per heavy atom. The summed E-state index contributed by atoms with van der Waals surface area (Å²) in [6, 6.07) is 0. The van der Waals surface area contributed by atoms with Crippen LogP contribution >= 0.6 is 0 Å². The van der Waals surface area contributed by atoms with Gasteiger partial charge in [-0.25, -0.2) is 0 Å². The molecule has 0 rings (SSSR count). The van der Waals surface area contributed by atoms with Crippen molar-refractivity contribution in [2.24, 2.45) is 0 Å². The summed E-state index contributed by atoms with van der Waals surface area (Å²) < 4.78 is 53.5. The summed E-state index contributed by atoms with van der Waals surface area (Å²) in [5.41, 5.74) is 3.70. The van der Waals surface area contributed by atoms with Crippen molar-refractivity contribution in [2.75, 3.05) is 145 Å². The van der Waals surface area contributed by atoms with Crippen LogP contribution in [0.2, 0.25) is 0 Å². The van der Waals surface area contributed by atoms with E-state index in [2.05, 4.69) is 17.0 Å².